The second-order valence-electron chi connectivity index (χ2n) is 9.60. The van der Waals surface area contributed by atoms with Crippen LogP contribution in [0, 0.1) is 6.92 Å². The summed E-state index contributed by atoms with van der Waals surface area (Å²) in [6, 6.07) is 27.9. The van der Waals surface area contributed by atoms with Crippen LogP contribution >= 0.6 is 0 Å². The monoisotopic (exact) mass is 500 g/mol. The van der Waals surface area contributed by atoms with Crippen molar-refractivity contribution in [3.8, 4) is 28.2 Å². The number of imidazole rings is 2. The number of carbonyl (C=O) groups is 1. The van der Waals surface area contributed by atoms with Gasteiger partial charge in [-0.25, -0.2) is 14.8 Å². The van der Waals surface area contributed by atoms with Gasteiger partial charge in [0.05, 0.1) is 33.3 Å². The van der Waals surface area contributed by atoms with Gasteiger partial charge >= 0.3 is 5.97 Å². The molecule has 6 aromatic rings. The molecule has 0 fully saturated rings. The third-order valence-electron chi connectivity index (χ3n) is 7.22. The van der Waals surface area contributed by atoms with Crippen molar-refractivity contribution in [1.29, 1.82) is 0 Å². The maximum atomic E-state index is 12.5. The maximum Gasteiger partial charge on any atom is 0.336 e. The summed E-state index contributed by atoms with van der Waals surface area (Å²) in [7, 11) is 2.03. The van der Waals surface area contributed by atoms with E-state index >= 15 is 0 Å². The van der Waals surface area contributed by atoms with Gasteiger partial charge in [0.1, 0.15) is 11.6 Å². The van der Waals surface area contributed by atoms with Crippen LogP contribution in [0.25, 0.3) is 50.3 Å². The average molecular weight is 501 g/mol. The summed E-state index contributed by atoms with van der Waals surface area (Å²) in [6.45, 7) is 4.02. The number of carboxylic acids is 1. The molecule has 0 unspecified atom stereocenters. The Morgan fingerprint density at radius 3 is 2.32 bits per heavy atom. The molecule has 0 aliphatic rings. The summed E-state index contributed by atoms with van der Waals surface area (Å²) in [4.78, 5) is 22.4. The van der Waals surface area contributed by atoms with Crippen LogP contribution < -0.4 is 0 Å². The smallest absolute Gasteiger partial charge is 0.336 e. The fraction of sp³-hybridized carbons (Fsp3) is 0.156. The van der Waals surface area contributed by atoms with E-state index in [4.69, 9.17) is 9.97 Å². The van der Waals surface area contributed by atoms with Crippen LogP contribution in [0.1, 0.15) is 35.1 Å². The summed E-state index contributed by atoms with van der Waals surface area (Å²) in [5.41, 5.74) is 8.25. The Morgan fingerprint density at radius 2 is 1.58 bits per heavy atom. The molecule has 6 heteroatoms. The number of carboxylic acid groups (broad SMARTS) is 1. The zero-order chi connectivity index (χ0) is 26.4. The molecule has 1 N–H and O–H groups in total. The van der Waals surface area contributed by atoms with Gasteiger partial charge in [-0.05, 0) is 66.4 Å². The van der Waals surface area contributed by atoms with Gasteiger partial charge in [-0.3, -0.25) is 4.57 Å². The van der Waals surface area contributed by atoms with Crippen LogP contribution in [0.3, 0.4) is 0 Å². The molecular weight excluding hydrogens is 472 g/mol. The van der Waals surface area contributed by atoms with Gasteiger partial charge in [0, 0.05) is 19.0 Å². The Morgan fingerprint density at radius 1 is 0.842 bits per heavy atom. The standard InChI is InChI=1S/C32H28N4O2/c1-4-10-29-33-25-17-15-22(31-34-24-13-8-9-14-27(24)35(31)3)19-28(25)36(29)26-18-16-23(21-11-6-5-7-12-21)30(20(26)2)32(37)38/h5-9,11-19H,4,10H2,1-3H3,(H,37,38). The third-order valence-corrected chi connectivity index (χ3v) is 7.22. The molecule has 188 valence electrons. The molecule has 0 saturated heterocycles. The van der Waals surface area contributed by atoms with Gasteiger partial charge < -0.3 is 9.67 Å². The zero-order valence-electron chi connectivity index (χ0n) is 21.6. The number of benzene rings is 4. The van der Waals surface area contributed by atoms with Gasteiger partial charge in [0.25, 0.3) is 0 Å². The van der Waals surface area contributed by atoms with Crippen LogP contribution in [-0.2, 0) is 13.5 Å². The lowest BCUT2D eigenvalue weighted by Crippen LogP contribution is -2.09. The summed E-state index contributed by atoms with van der Waals surface area (Å²) < 4.78 is 4.23. The number of fused-ring (bicyclic) bond motifs is 2. The molecule has 0 bridgehead atoms. The number of aryl methyl sites for hydroxylation is 2. The number of aromatic carboxylic acids is 1. The fourth-order valence-electron chi connectivity index (χ4n) is 5.40. The maximum absolute atomic E-state index is 12.5. The number of para-hydroxylation sites is 2. The van der Waals surface area contributed by atoms with Crippen molar-refractivity contribution < 1.29 is 9.90 Å². The van der Waals surface area contributed by atoms with Crippen molar-refractivity contribution in [3.63, 3.8) is 0 Å². The van der Waals surface area contributed by atoms with Gasteiger partial charge in [-0.1, -0.05) is 55.5 Å². The summed E-state index contributed by atoms with van der Waals surface area (Å²) in [5.74, 6) is 0.849. The van der Waals surface area contributed by atoms with E-state index in [1.165, 1.54) is 0 Å². The van der Waals surface area contributed by atoms with Gasteiger partial charge in [-0.15, -0.1) is 0 Å². The summed E-state index contributed by atoms with van der Waals surface area (Å²) >= 11 is 0. The van der Waals surface area contributed by atoms with E-state index in [0.717, 1.165) is 63.4 Å². The lowest BCUT2D eigenvalue weighted by atomic mass is 9.94. The SMILES string of the molecule is CCCc1nc2ccc(-c3nc4ccccc4n3C)cc2n1-c1ccc(-c2ccccc2)c(C(=O)O)c1C. The van der Waals surface area contributed by atoms with E-state index in [1.807, 2.05) is 80.7 Å². The molecule has 0 aliphatic heterocycles. The van der Waals surface area contributed by atoms with Crippen LogP contribution in [0.5, 0.6) is 0 Å². The molecule has 0 amide bonds. The first-order valence-corrected chi connectivity index (χ1v) is 12.8. The van der Waals surface area contributed by atoms with Crippen molar-refractivity contribution in [2.75, 3.05) is 0 Å². The first-order valence-electron chi connectivity index (χ1n) is 12.8. The largest absolute Gasteiger partial charge is 0.478 e. The molecule has 4 aromatic carbocycles. The van der Waals surface area contributed by atoms with E-state index in [1.54, 1.807) is 0 Å². The molecular formula is C32H28N4O2. The van der Waals surface area contributed by atoms with Crippen molar-refractivity contribution in [2.45, 2.75) is 26.7 Å². The molecule has 2 aromatic heterocycles. The molecule has 0 aliphatic carbocycles. The van der Waals surface area contributed by atoms with E-state index in [0.29, 0.717) is 16.7 Å². The highest BCUT2D eigenvalue weighted by Gasteiger charge is 2.22. The highest BCUT2D eigenvalue weighted by molar-refractivity contribution is 5.99. The van der Waals surface area contributed by atoms with Crippen LogP contribution in [0.4, 0.5) is 0 Å². The number of hydrogen-bond donors (Lipinski definition) is 1. The van der Waals surface area contributed by atoms with Crippen LogP contribution in [0.15, 0.2) is 84.9 Å². The predicted octanol–water partition coefficient (Wildman–Crippen LogP) is 7.21. The number of aromatic nitrogens is 4. The molecule has 0 saturated carbocycles. The third kappa shape index (κ3) is 3.77. The Kier molecular flexibility index (Phi) is 5.80. The molecule has 0 radical (unpaired) electrons. The molecule has 0 atom stereocenters. The lowest BCUT2D eigenvalue weighted by Gasteiger charge is -2.17. The number of nitrogens with zero attached hydrogens (tertiary/aromatic N) is 4. The minimum Gasteiger partial charge on any atom is -0.478 e. The second kappa shape index (κ2) is 9.30. The number of hydrogen-bond acceptors (Lipinski definition) is 3. The Balaban J connectivity index is 1.59. The topological polar surface area (TPSA) is 72.9 Å². The first kappa shape index (κ1) is 23.7. The zero-order valence-corrected chi connectivity index (χ0v) is 21.6. The Hall–Kier alpha value is -4.71. The molecule has 6 nitrogen and oxygen atoms in total. The Labute approximate surface area is 220 Å². The summed E-state index contributed by atoms with van der Waals surface area (Å²) in [5, 5.41) is 10.3. The highest BCUT2D eigenvalue weighted by Crippen LogP contribution is 2.34. The fourth-order valence-corrected chi connectivity index (χ4v) is 5.40. The molecule has 6 rings (SSSR count). The second-order valence-corrected chi connectivity index (χ2v) is 9.60. The Bertz CT molecular complexity index is 1830. The molecule has 0 spiro atoms. The molecule has 38 heavy (non-hydrogen) atoms. The predicted molar refractivity (Wildman–Crippen MR) is 152 cm³/mol. The van der Waals surface area contributed by atoms with Crippen molar-refractivity contribution >= 4 is 28.0 Å². The first-order chi connectivity index (χ1) is 18.5. The molecule has 2 heterocycles. The lowest BCUT2D eigenvalue weighted by molar-refractivity contribution is 0.0697. The minimum absolute atomic E-state index is 0.310. The minimum atomic E-state index is -0.940. The van der Waals surface area contributed by atoms with E-state index < -0.39 is 5.97 Å². The quantitative estimate of drug-likeness (QED) is 0.262. The average Bonchev–Trinajstić information content (AvgIpc) is 3.46. The summed E-state index contributed by atoms with van der Waals surface area (Å²) in [6.07, 6.45) is 1.70. The van der Waals surface area contributed by atoms with E-state index in [9.17, 15) is 9.90 Å². The number of rotatable bonds is 6. The van der Waals surface area contributed by atoms with Crippen molar-refractivity contribution in [2.24, 2.45) is 7.05 Å². The van der Waals surface area contributed by atoms with Gasteiger partial charge in [0.2, 0.25) is 0 Å². The van der Waals surface area contributed by atoms with E-state index in [-0.39, 0.29) is 0 Å². The van der Waals surface area contributed by atoms with Crippen LogP contribution in [-0.4, -0.2) is 30.2 Å². The normalized spacial score (nSPS) is 11.4. The van der Waals surface area contributed by atoms with Crippen molar-refractivity contribution in [3.05, 3.63) is 102 Å². The highest BCUT2D eigenvalue weighted by atomic mass is 16.4. The van der Waals surface area contributed by atoms with Gasteiger partial charge in [0.15, 0.2) is 0 Å². The van der Waals surface area contributed by atoms with Crippen molar-refractivity contribution in [1.82, 2.24) is 19.1 Å². The van der Waals surface area contributed by atoms with Crippen LogP contribution in [0.2, 0.25) is 0 Å². The van der Waals surface area contributed by atoms with Gasteiger partial charge in [-0.2, -0.15) is 0 Å². The van der Waals surface area contributed by atoms with E-state index in [2.05, 4.69) is 34.3 Å².